The first kappa shape index (κ1) is 20.7. The van der Waals surface area contributed by atoms with Crippen molar-refractivity contribution < 1.29 is 22.3 Å². The van der Waals surface area contributed by atoms with Crippen molar-refractivity contribution in [1.82, 2.24) is 4.98 Å². The van der Waals surface area contributed by atoms with Crippen molar-refractivity contribution >= 4 is 38.1 Å². The summed E-state index contributed by atoms with van der Waals surface area (Å²) in [5, 5.41) is 2.78. The second-order valence-electron chi connectivity index (χ2n) is 6.15. The van der Waals surface area contributed by atoms with E-state index < -0.39 is 21.7 Å². The third-order valence-corrected chi connectivity index (χ3v) is 6.51. The van der Waals surface area contributed by atoms with E-state index in [9.17, 15) is 17.6 Å². The van der Waals surface area contributed by atoms with Crippen molar-refractivity contribution in [1.29, 1.82) is 0 Å². The second-order valence-corrected chi connectivity index (χ2v) is 8.83. The molecule has 0 bridgehead atoms. The number of carbonyl (C=O) groups excluding carboxylic acids is 1. The Morgan fingerprint density at radius 1 is 1.14 bits per heavy atom. The molecule has 0 unspecified atom stereocenters. The molecule has 0 aliphatic rings. The lowest BCUT2D eigenvalue weighted by molar-refractivity contribution is 0.102. The smallest absolute Gasteiger partial charge is 0.267 e. The fourth-order valence-corrected chi connectivity index (χ4v) is 4.62. The molecular weight excluding hydrogens is 417 g/mol. The van der Waals surface area contributed by atoms with Gasteiger partial charge in [-0.2, -0.15) is 0 Å². The maximum Gasteiger partial charge on any atom is 0.267 e. The molecule has 7 nitrogen and oxygen atoms in total. The number of nitrogens with one attached hydrogen (secondary N) is 2. The molecule has 29 heavy (non-hydrogen) atoms. The van der Waals surface area contributed by atoms with Crippen LogP contribution in [0.15, 0.2) is 47.4 Å². The van der Waals surface area contributed by atoms with Crippen LogP contribution in [0.25, 0.3) is 0 Å². The first-order valence-electron chi connectivity index (χ1n) is 8.41. The summed E-state index contributed by atoms with van der Waals surface area (Å²) >= 11 is 0.900. The van der Waals surface area contributed by atoms with Crippen LogP contribution in [0.4, 0.5) is 15.2 Å². The van der Waals surface area contributed by atoms with E-state index >= 15 is 0 Å². The highest BCUT2D eigenvalue weighted by atomic mass is 32.2. The van der Waals surface area contributed by atoms with Crippen molar-refractivity contribution in [2.75, 3.05) is 17.1 Å². The third-order valence-electron chi connectivity index (χ3n) is 3.95. The van der Waals surface area contributed by atoms with Gasteiger partial charge in [0.05, 0.1) is 23.4 Å². The number of methoxy groups -OCH3 is 1. The molecule has 0 aliphatic carbocycles. The Kier molecular flexibility index (Phi) is 5.85. The van der Waals surface area contributed by atoms with Gasteiger partial charge in [-0.3, -0.25) is 9.52 Å². The van der Waals surface area contributed by atoms with Crippen LogP contribution in [0.1, 0.15) is 20.9 Å². The van der Waals surface area contributed by atoms with Crippen molar-refractivity contribution in [3.8, 4) is 5.75 Å². The summed E-state index contributed by atoms with van der Waals surface area (Å²) in [5.74, 6) is -0.466. The van der Waals surface area contributed by atoms with Gasteiger partial charge in [0, 0.05) is 0 Å². The number of aryl methyl sites for hydroxylation is 2. The van der Waals surface area contributed by atoms with Crippen LogP contribution in [0, 0.1) is 19.7 Å². The average molecular weight is 436 g/mol. The van der Waals surface area contributed by atoms with Crippen LogP contribution < -0.4 is 14.8 Å². The van der Waals surface area contributed by atoms with Crippen molar-refractivity contribution in [2.24, 2.45) is 0 Å². The van der Waals surface area contributed by atoms with Gasteiger partial charge in [0.25, 0.3) is 15.9 Å². The summed E-state index contributed by atoms with van der Waals surface area (Å²) in [4.78, 5) is 16.9. The molecule has 1 aromatic heterocycles. The number of anilines is 2. The number of thiazole rings is 1. The zero-order valence-corrected chi connectivity index (χ0v) is 17.4. The number of hydrogen-bond donors (Lipinski definition) is 2. The highest BCUT2D eigenvalue weighted by Crippen LogP contribution is 2.29. The van der Waals surface area contributed by atoms with Gasteiger partial charge >= 0.3 is 0 Å². The molecule has 3 aromatic rings. The summed E-state index contributed by atoms with van der Waals surface area (Å²) in [6.07, 6.45) is 0. The van der Waals surface area contributed by atoms with E-state index in [1.165, 1.54) is 7.11 Å². The number of hydrogen-bond acceptors (Lipinski definition) is 6. The van der Waals surface area contributed by atoms with Gasteiger partial charge in [-0.15, -0.1) is 0 Å². The Bertz CT molecular complexity index is 1160. The number of halogens is 1. The van der Waals surface area contributed by atoms with E-state index in [-0.39, 0.29) is 14.9 Å². The van der Waals surface area contributed by atoms with Crippen LogP contribution in [0.3, 0.4) is 0 Å². The summed E-state index contributed by atoms with van der Waals surface area (Å²) in [6, 6.07) is 9.74. The quantitative estimate of drug-likeness (QED) is 0.611. The molecule has 0 saturated carbocycles. The molecule has 1 heterocycles. The Labute approximate surface area is 171 Å². The van der Waals surface area contributed by atoms with Crippen LogP contribution in [0.2, 0.25) is 0 Å². The average Bonchev–Trinajstić information content (AvgIpc) is 3.03. The molecule has 0 spiro atoms. The molecule has 1 amide bonds. The monoisotopic (exact) mass is 435 g/mol. The Balaban J connectivity index is 1.81. The predicted molar refractivity (Wildman–Crippen MR) is 110 cm³/mol. The molecule has 10 heteroatoms. The zero-order chi connectivity index (χ0) is 21.2. The fourth-order valence-electron chi connectivity index (χ4n) is 2.52. The number of ether oxygens (including phenoxy) is 1. The van der Waals surface area contributed by atoms with Crippen molar-refractivity contribution in [3.63, 3.8) is 0 Å². The maximum absolute atomic E-state index is 13.0. The van der Waals surface area contributed by atoms with Crippen molar-refractivity contribution in [2.45, 2.75) is 18.7 Å². The third kappa shape index (κ3) is 4.72. The van der Waals surface area contributed by atoms with Crippen molar-refractivity contribution in [3.05, 3.63) is 64.4 Å². The van der Waals surface area contributed by atoms with E-state index in [2.05, 4.69) is 15.0 Å². The summed E-state index contributed by atoms with van der Waals surface area (Å²) in [6.45, 7) is 3.51. The number of benzene rings is 2. The number of amides is 1. The van der Waals surface area contributed by atoms with Gasteiger partial charge in [0.1, 0.15) is 16.4 Å². The SMILES string of the molecule is COc1cc(C)ccc1NC(=O)c1sc(NS(=O)(=O)c2ccc(F)cc2)nc1C. The molecular formula is C19H18FN3O4S2. The number of rotatable bonds is 6. The van der Waals surface area contributed by atoms with E-state index in [4.69, 9.17) is 4.74 Å². The lowest BCUT2D eigenvalue weighted by Crippen LogP contribution is -2.12. The zero-order valence-electron chi connectivity index (χ0n) is 15.8. The van der Waals surface area contributed by atoms with Gasteiger partial charge in [-0.1, -0.05) is 17.4 Å². The first-order chi connectivity index (χ1) is 13.7. The highest BCUT2D eigenvalue weighted by Gasteiger charge is 2.21. The van der Waals surface area contributed by atoms with E-state index in [1.54, 1.807) is 19.1 Å². The largest absolute Gasteiger partial charge is 0.495 e. The van der Waals surface area contributed by atoms with Crippen LogP contribution in [-0.2, 0) is 10.0 Å². The molecule has 0 atom stereocenters. The Morgan fingerprint density at radius 3 is 2.48 bits per heavy atom. The number of sulfonamides is 1. The van der Waals surface area contributed by atoms with Gasteiger partial charge in [0.2, 0.25) is 0 Å². The summed E-state index contributed by atoms with van der Waals surface area (Å²) in [7, 11) is -2.45. The first-order valence-corrected chi connectivity index (χ1v) is 10.7. The van der Waals surface area contributed by atoms with Gasteiger partial charge in [-0.25, -0.2) is 17.8 Å². The molecule has 3 rings (SSSR count). The molecule has 0 radical (unpaired) electrons. The molecule has 0 aliphatic heterocycles. The minimum Gasteiger partial charge on any atom is -0.495 e. The van der Waals surface area contributed by atoms with E-state index in [1.807, 2.05) is 13.0 Å². The molecule has 152 valence electrons. The van der Waals surface area contributed by atoms with Crippen LogP contribution in [-0.4, -0.2) is 26.4 Å². The highest BCUT2D eigenvalue weighted by molar-refractivity contribution is 7.93. The van der Waals surface area contributed by atoms with Gasteiger partial charge in [0.15, 0.2) is 5.13 Å². The fraction of sp³-hybridized carbons (Fsp3) is 0.158. The lowest BCUT2D eigenvalue weighted by Gasteiger charge is -2.10. The molecule has 0 saturated heterocycles. The minimum atomic E-state index is -3.95. The molecule has 0 fully saturated rings. The van der Waals surface area contributed by atoms with Gasteiger partial charge in [-0.05, 0) is 55.8 Å². The standard InChI is InChI=1S/C19H18FN3O4S2/c1-11-4-9-15(16(10-11)27-3)22-18(24)17-12(2)21-19(28-17)23-29(25,26)14-7-5-13(20)6-8-14/h4-10H,1-3H3,(H,21,23)(H,22,24). The molecule has 2 N–H and O–H groups in total. The maximum atomic E-state index is 13.0. The Hall–Kier alpha value is -2.98. The molecule has 2 aromatic carbocycles. The van der Waals surface area contributed by atoms with Crippen LogP contribution in [0.5, 0.6) is 5.75 Å². The van der Waals surface area contributed by atoms with Gasteiger partial charge < -0.3 is 10.1 Å². The number of nitrogens with zero attached hydrogens (tertiary/aromatic N) is 1. The minimum absolute atomic E-state index is 0.0350. The Morgan fingerprint density at radius 2 is 1.83 bits per heavy atom. The number of carbonyl (C=O) groups is 1. The lowest BCUT2D eigenvalue weighted by atomic mass is 10.2. The van der Waals surface area contributed by atoms with E-state index in [0.717, 1.165) is 41.2 Å². The summed E-state index contributed by atoms with van der Waals surface area (Å²) in [5.41, 5.74) is 1.84. The van der Waals surface area contributed by atoms with Crippen LogP contribution >= 0.6 is 11.3 Å². The number of aromatic nitrogens is 1. The van der Waals surface area contributed by atoms with E-state index in [0.29, 0.717) is 17.1 Å². The summed E-state index contributed by atoms with van der Waals surface area (Å²) < 4.78 is 45.5. The topological polar surface area (TPSA) is 97.4 Å². The second kappa shape index (κ2) is 8.18. The normalized spacial score (nSPS) is 11.2. The predicted octanol–water partition coefficient (Wildman–Crippen LogP) is 3.96.